The van der Waals surface area contributed by atoms with Crippen molar-refractivity contribution in [3.8, 4) is 0 Å². The highest BCUT2D eigenvalue weighted by Crippen LogP contribution is 2.32. The Labute approximate surface area is 115 Å². The minimum Gasteiger partial charge on any atom is -0.391 e. The number of aliphatic hydroxyl groups excluding tert-OH is 1. The molecule has 1 aliphatic rings. The smallest absolute Gasteiger partial charge is 0.210 e. The molecule has 1 saturated heterocycles. The van der Waals surface area contributed by atoms with Crippen molar-refractivity contribution in [3.05, 3.63) is 35.9 Å². The van der Waals surface area contributed by atoms with E-state index in [2.05, 4.69) is 27.2 Å². The first-order valence-corrected chi connectivity index (χ1v) is 7.12. The molecule has 1 aromatic heterocycles. The summed E-state index contributed by atoms with van der Waals surface area (Å²) in [4.78, 5) is 2.05. The van der Waals surface area contributed by atoms with E-state index in [9.17, 15) is 5.11 Å². The maximum Gasteiger partial charge on any atom is 0.210 e. The number of nitrogens with zero attached hydrogens (tertiary/aromatic N) is 3. The number of anilines is 2. The van der Waals surface area contributed by atoms with E-state index in [1.54, 1.807) is 0 Å². The number of β-amino-alcohol motifs (C(OH)–C–C–N with tert-alkyl or cyclic N) is 1. The molecule has 2 heterocycles. The lowest BCUT2D eigenvalue weighted by molar-refractivity contribution is 0.130. The van der Waals surface area contributed by atoms with Gasteiger partial charge in [0.1, 0.15) is 0 Å². The lowest BCUT2D eigenvalue weighted by atomic mass is 9.87. The van der Waals surface area contributed by atoms with Crippen LogP contribution in [0, 0.1) is 0 Å². The largest absolute Gasteiger partial charge is 0.391 e. The predicted molar refractivity (Wildman–Crippen MR) is 76.3 cm³/mol. The minimum atomic E-state index is -0.388. The Bertz CT molecular complexity index is 545. The van der Waals surface area contributed by atoms with Gasteiger partial charge in [-0.25, -0.2) is 0 Å². The van der Waals surface area contributed by atoms with Crippen molar-refractivity contribution in [2.24, 2.45) is 0 Å². The van der Waals surface area contributed by atoms with Gasteiger partial charge in [-0.05, 0) is 12.0 Å². The Morgan fingerprint density at radius 1 is 1.26 bits per heavy atom. The van der Waals surface area contributed by atoms with Crippen LogP contribution in [0.3, 0.4) is 0 Å². The number of nitrogens with two attached hydrogens (primary N) is 1. The molecular weight excluding hydrogens is 260 g/mol. The van der Waals surface area contributed by atoms with Crippen LogP contribution in [0.4, 0.5) is 10.3 Å². The Hall–Kier alpha value is -1.66. The Kier molecular flexibility index (Phi) is 3.35. The van der Waals surface area contributed by atoms with E-state index in [1.165, 1.54) is 16.9 Å². The number of benzene rings is 1. The molecule has 0 aliphatic carbocycles. The maximum absolute atomic E-state index is 10.3. The first-order chi connectivity index (χ1) is 9.24. The normalized spacial score (nSPS) is 23.5. The Morgan fingerprint density at radius 3 is 2.68 bits per heavy atom. The van der Waals surface area contributed by atoms with Crippen LogP contribution in [-0.2, 0) is 0 Å². The van der Waals surface area contributed by atoms with E-state index in [-0.39, 0.29) is 12.0 Å². The molecular formula is C13H16N4OS. The molecule has 0 spiro atoms. The van der Waals surface area contributed by atoms with Crippen LogP contribution in [0.25, 0.3) is 0 Å². The maximum atomic E-state index is 10.3. The molecule has 19 heavy (non-hydrogen) atoms. The predicted octanol–water partition coefficient (Wildman–Crippen LogP) is 1.48. The average molecular weight is 276 g/mol. The van der Waals surface area contributed by atoms with Crippen molar-refractivity contribution >= 4 is 21.6 Å². The first kappa shape index (κ1) is 12.4. The molecule has 6 heteroatoms. The number of nitrogen functional groups attached to an aromatic ring is 1. The van der Waals surface area contributed by atoms with E-state index in [1.807, 2.05) is 18.2 Å². The zero-order valence-electron chi connectivity index (χ0n) is 10.4. The number of hydrogen-bond donors (Lipinski definition) is 2. The van der Waals surface area contributed by atoms with Crippen molar-refractivity contribution in [2.75, 3.05) is 23.7 Å². The second-order valence-corrected chi connectivity index (χ2v) is 5.73. The van der Waals surface area contributed by atoms with E-state index in [0.717, 1.165) is 18.1 Å². The van der Waals surface area contributed by atoms with E-state index in [0.29, 0.717) is 11.7 Å². The van der Waals surface area contributed by atoms with Gasteiger partial charge >= 0.3 is 0 Å². The molecule has 0 unspecified atom stereocenters. The molecule has 100 valence electrons. The minimum absolute atomic E-state index is 0.197. The van der Waals surface area contributed by atoms with E-state index < -0.39 is 0 Å². The zero-order valence-corrected chi connectivity index (χ0v) is 11.3. The van der Waals surface area contributed by atoms with Gasteiger partial charge in [-0.1, -0.05) is 41.7 Å². The van der Waals surface area contributed by atoms with Crippen molar-refractivity contribution in [2.45, 2.75) is 18.4 Å². The van der Waals surface area contributed by atoms with Crippen molar-refractivity contribution in [3.63, 3.8) is 0 Å². The van der Waals surface area contributed by atoms with Crippen LogP contribution in [0.2, 0.25) is 0 Å². The topological polar surface area (TPSA) is 75.3 Å². The lowest BCUT2D eigenvalue weighted by Crippen LogP contribution is -2.42. The Balaban J connectivity index is 1.72. The molecule has 2 atom stereocenters. The van der Waals surface area contributed by atoms with Crippen LogP contribution in [0.1, 0.15) is 17.9 Å². The SMILES string of the molecule is Nc1nnc(N2CC[C@H](c3ccccc3)[C@H](O)C2)s1. The van der Waals surface area contributed by atoms with Gasteiger partial charge in [-0.3, -0.25) is 0 Å². The number of piperidine rings is 1. The summed E-state index contributed by atoms with van der Waals surface area (Å²) in [6.45, 7) is 1.44. The van der Waals surface area contributed by atoms with Gasteiger partial charge in [-0.2, -0.15) is 0 Å². The summed E-state index contributed by atoms with van der Waals surface area (Å²) in [5.41, 5.74) is 6.79. The summed E-state index contributed by atoms with van der Waals surface area (Å²) in [7, 11) is 0. The zero-order chi connectivity index (χ0) is 13.2. The highest BCUT2D eigenvalue weighted by molar-refractivity contribution is 7.18. The highest BCUT2D eigenvalue weighted by atomic mass is 32.1. The molecule has 3 rings (SSSR count). The van der Waals surface area contributed by atoms with E-state index >= 15 is 0 Å². The fraction of sp³-hybridized carbons (Fsp3) is 0.385. The number of aromatic nitrogens is 2. The van der Waals surface area contributed by atoms with Crippen LogP contribution in [0.5, 0.6) is 0 Å². The number of aliphatic hydroxyl groups is 1. The second kappa shape index (κ2) is 5.14. The van der Waals surface area contributed by atoms with Gasteiger partial charge in [0, 0.05) is 19.0 Å². The third-order valence-electron chi connectivity index (χ3n) is 3.51. The highest BCUT2D eigenvalue weighted by Gasteiger charge is 2.30. The molecule has 0 radical (unpaired) electrons. The van der Waals surface area contributed by atoms with Crippen LogP contribution < -0.4 is 10.6 Å². The standard InChI is InChI=1S/C13H16N4OS/c14-12-15-16-13(19-12)17-7-6-10(11(18)8-17)9-4-2-1-3-5-9/h1-5,10-11,18H,6-8H2,(H2,14,15)/t10-,11-/m1/s1. The molecule has 3 N–H and O–H groups in total. The Morgan fingerprint density at radius 2 is 2.05 bits per heavy atom. The summed E-state index contributed by atoms with van der Waals surface area (Å²) in [5, 5.41) is 19.5. The molecule has 5 nitrogen and oxygen atoms in total. The van der Waals surface area contributed by atoms with Gasteiger partial charge in [0.2, 0.25) is 10.3 Å². The van der Waals surface area contributed by atoms with Crippen molar-refractivity contribution in [1.82, 2.24) is 10.2 Å². The fourth-order valence-corrected chi connectivity index (χ4v) is 3.19. The van der Waals surface area contributed by atoms with Gasteiger partial charge < -0.3 is 15.7 Å². The summed E-state index contributed by atoms with van der Waals surface area (Å²) in [5.74, 6) is 0.197. The molecule has 0 bridgehead atoms. The lowest BCUT2D eigenvalue weighted by Gasteiger charge is -2.35. The molecule has 0 saturated carbocycles. The summed E-state index contributed by atoms with van der Waals surface area (Å²) in [6.07, 6.45) is 0.520. The second-order valence-electron chi connectivity index (χ2n) is 4.74. The van der Waals surface area contributed by atoms with Gasteiger partial charge in [-0.15, -0.1) is 10.2 Å². The number of rotatable bonds is 2. The van der Waals surface area contributed by atoms with Crippen LogP contribution in [-0.4, -0.2) is 34.5 Å². The summed E-state index contributed by atoms with van der Waals surface area (Å²) in [6, 6.07) is 10.2. The fourth-order valence-electron chi connectivity index (χ4n) is 2.55. The van der Waals surface area contributed by atoms with Crippen LogP contribution >= 0.6 is 11.3 Å². The molecule has 1 fully saturated rings. The third kappa shape index (κ3) is 2.54. The molecule has 0 amide bonds. The summed E-state index contributed by atoms with van der Waals surface area (Å²) < 4.78 is 0. The van der Waals surface area contributed by atoms with Crippen LogP contribution in [0.15, 0.2) is 30.3 Å². The molecule has 2 aromatic rings. The quantitative estimate of drug-likeness (QED) is 0.869. The van der Waals surface area contributed by atoms with Gasteiger partial charge in [0.25, 0.3) is 0 Å². The third-order valence-corrected chi connectivity index (χ3v) is 4.32. The first-order valence-electron chi connectivity index (χ1n) is 6.31. The van der Waals surface area contributed by atoms with Gasteiger partial charge in [0.15, 0.2) is 0 Å². The molecule has 1 aliphatic heterocycles. The monoisotopic (exact) mass is 276 g/mol. The average Bonchev–Trinajstić information content (AvgIpc) is 2.86. The summed E-state index contributed by atoms with van der Waals surface area (Å²) >= 11 is 1.36. The molecule has 1 aromatic carbocycles. The van der Waals surface area contributed by atoms with E-state index in [4.69, 9.17) is 5.73 Å². The van der Waals surface area contributed by atoms with Crippen molar-refractivity contribution < 1.29 is 5.11 Å². The van der Waals surface area contributed by atoms with Crippen molar-refractivity contribution in [1.29, 1.82) is 0 Å². The van der Waals surface area contributed by atoms with Gasteiger partial charge in [0.05, 0.1) is 6.10 Å². The number of hydrogen-bond acceptors (Lipinski definition) is 6.